The van der Waals surface area contributed by atoms with E-state index < -0.39 is 5.97 Å². The minimum atomic E-state index is -1.01. The minimum absolute atomic E-state index is 0.0271. The number of hydrogen-bond acceptors (Lipinski definition) is 2. The minimum Gasteiger partial charge on any atom is -0.478 e. The third kappa shape index (κ3) is 4.35. The highest BCUT2D eigenvalue weighted by atomic mass is 16.4. The maximum absolute atomic E-state index is 12.7. The van der Waals surface area contributed by atoms with E-state index in [0.29, 0.717) is 17.8 Å². The number of likely N-dealkylation sites (tertiary alicyclic amines) is 1. The molecule has 1 aliphatic heterocycles. The molecule has 2 atom stereocenters. The Morgan fingerprint density at radius 2 is 1.69 bits per heavy atom. The Kier molecular flexibility index (Phi) is 5.80. The molecule has 2 fully saturated rings. The number of fused-ring (bicyclic) bond motifs is 1. The van der Waals surface area contributed by atoms with Crippen molar-refractivity contribution < 1.29 is 14.7 Å². The quantitative estimate of drug-likeness (QED) is 0.801. The normalized spacial score (nSPS) is 23.2. The number of hydrogen-bond donors (Lipinski definition) is 1. The highest BCUT2D eigenvalue weighted by molar-refractivity contribution is 5.98. The lowest BCUT2D eigenvalue weighted by molar-refractivity contribution is -0.136. The summed E-state index contributed by atoms with van der Waals surface area (Å²) in [6.45, 7) is 5.86. The first-order valence-electron chi connectivity index (χ1n) is 9.75. The number of carbonyl (C=O) groups excluding carboxylic acids is 1. The van der Waals surface area contributed by atoms with Crippen LogP contribution in [-0.4, -0.2) is 35.0 Å². The number of carboxylic acids is 1. The molecular formula is C22H29NO3. The molecule has 4 heteroatoms. The summed E-state index contributed by atoms with van der Waals surface area (Å²) in [5, 5.41) is 9.54. The number of rotatable bonds is 5. The molecule has 0 aromatic heterocycles. The number of nitrogens with zero attached hydrogens (tertiary/aromatic N) is 1. The van der Waals surface area contributed by atoms with Gasteiger partial charge in [0, 0.05) is 18.7 Å². The van der Waals surface area contributed by atoms with Crippen LogP contribution in [0.15, 0.2) is 29.8 Å². The van der Waals surface area contributed by atoms with E-state index in [2.05, 4.69) is 13.8 Å². The van der Waals surface area contributed by atoms with E-state index in [1.54, 1.807) is 6.08 Å². The van der Waals surface area contributed by atoms with Gasteiger partial charge in [-0.2, -0.15) is 0 Å². The first-order chi connectivity index (χ1) is 12.4. The number of amides is 1. The van der Waals surface area contributed by atoms with Crippen molar-refractivity contribution in [2.75, 3.05) is 13.1 Å². The Bertz CT molecular complexity index is 676. The highest BCUT2D eigenvalue weighted by Crippen LogP contribution is 2.36. The molecule has 1 aromatic carbocycles. The van der Waals surface area contributed by atoms with Gasteiger partial charge in [-0.05, 0) is 47.8 Å². The summed E-state index contributed by atoms with van der Waals surface area (Å²) < 4.78 is 0. The molecule has 0 radical (unpaired) electrons. The topological polar surface area (TPSA) is 57.6 Å². The number of carbonyl (C=O) groups is 2. The molecule has 0 bridgehead atoms. The Hall–Kier alpha value is -2.10. The number of benzene rings is 1. The molecule has 2 aliphatic rings. The van der Waals surface area contributed by atoms with Crippen LogP contribution < -0.4 is 0 Å². The van der Waals surface area contributed by atoms with Crippen molar-refractivity contribution in [3.05, 3.63) is 41.0 Å². The third-order valence-electron chi connectivity index (χ3n) is 5.89. The fourth-order valence-electron chi connectivity index (χ4n) is 4.25. The van der Waals surface area contributed by atoms with Gasteiger partial charge in [0.1, 0.15) is 0 Å². The second kappa shape index (κ2) is 8.07. The maximum atomic E-state index is 12.7. The molecule has 2 unspecified atom stereocenters. The Labute approximate surface area is 155 Å². The van der Waals surface area contributed by atoms with Crippen molar-refractivity contribution in [3.8, 4) is 0 Å². The average Bonchev–Trinajstić information content (AvgIpc) is 3.05. The molecule has 1 N–H and O–H groups in total. The van der Waals surface area contributed by atoms with Crippen LogP contribution in [0.1, 0.15) is 63.0 Å². The molecule has 1 amide bonds. The fourth-order valence-corrected chi connectivity index (χ4v) is 4.25. The molecule has 1 saturated carbocycles. The van der Waals surface area contributed by atoms with Gasteiger partial charge in [0.05, 0.1) is 6.42 Å². The molecule has 1 aromatic rings. The highest BCUT2D eigenvalue weighted by Gasteiger charge is 2.36. The zero-order valence-corrected chi connectivity index (χ0v) is 15.8. The molecule has 140 valence electrons. The summed E-state index contributed by atoms with van der Waals surface area (Å²) in [6, 6.07) is 7.88. The van der Waals surface area contributed by atoms with E-state index in [4.69, 9.17) is 0 Å². The fraction of sp³-hybridized carbons (Fsp3) is 0.545. The van der Waals surface area contributed by atoms with Gasteiger partial charge in [-0.15, -0.1) is 0 Å². The van der Waals surface area contributed by atoms with Gasteiger partial charge in [0.2, 0.25) is 5.91 Å². The lowest BCUT2D eigenvalue weighted by atomic mass is 9.82. The van der Waals surface area contributed by atoms with Gasteiger partial charge in [0.15, 0.2) is 0 Å². The summed E-state index contributed by atoms with van der Waals surface area (Å²) >= 11 is 0. The van der Waals surface area contributed by atoms with Gasteiger partial charge >= 0.3 is 5.97 Å². The SMILES string of the molecule is CC(C)c1ccc(C=C(CC(=O)N2CC3CCCCC3C2)C(=O)O)cc1. The smallest absolute Gasteiger partial charge is 0.332 e. The zero-order chi connectivity index (χ0) is 18.7. The van der Waals surface area contributed by atoms with Crippen LogP contribution in [0.4, 0.5) is 0 Å². The molecule has 1 saturated heterocycles. The summed E-state index contributed by atoms with van der Waals surface area (Å²) in [4.78, 5) is 26.2. The van der Waals surface area contributed by atoms with Crippen molar-refractivity contribution in [1.82, 2.24) is 4.90 Å². The zero-order valence-electron chi connectivity index (χ0n) is 15.8. The predicted molar refractivity (Wildman–Crippen MR) is 103 cm³/mol. The van der Waals surface area contributed by atoms with E-state index in [0.717, 1.165) is 18.7 Å². The Morgan fingerprint density at radius 3 is 2.19 bits per heavy atom. The van der Waals surface area contributed by atoms with Gasteiger partial charge in [0.25, 0.3) is 0 Å². The van der Waals surface area contributed by atoms with E-state index in [9.17, 15) is 14.7 Å². The van der Waals surface area contributed by atoms with Crippen molar-refractivity contribution in [3.63, 3.8) is 0 Å². The van der Waals surface area contributed by atoms with Crippen LogP contribution in [-0.2, 0) is 9.59 Å². The van der Waals surface area contributed by atoms with Crippen LogP contribution in [0.25, 0.3) is 6.08 Å². The standard InChI is InChI=1S/C22H29NO3/c1-15(2)17-9-7-16(8-10-17)11-20(22(25)26)12-21(24)23-13-18-5-3-4-6-19(18)14-23/h7-11,15,18-19H,3-6,12-14H2,1-2H3,(H,25,26). The molecular weight excluding hydrogens is 326 g/mol. The molecule has 3 rings (SSSR count). The Balaban J connectivity index is 1.68. The summed E-state index contributed by atoms with van der Waals surface area (Å²) in [6.07, 6.45) is 6.54. The molecule has 1 aliphatic carbocycles. The number of aliphatic carboxylic acids is 1. The molecule has 0 spiro atoms. The van der Waals surface area contributed by atoms with Crippen molar-refractivity contribution in [2.24, 2.45) is 11.8 Å². The largest absolute Gasteiger partial charge is 0.478 e. The summed E-state index contributed by atoms with van der Waals surface area (Å²) in [5.41, 5.74) is 2.21. The maximum Gasteiger partial charge on any atom is 0.332 e. The molecule has 1 heterocycles. The van der Waals surface area contributed by atoms with Gasteiger partial charge < -0.3 is 10.0 Å². The lowest BCUT2D eigenvalue weighted by Crippen LogP contribution is -2.29. The van der Waals surface area contributed by atoms with Crippen LogP contribution in [0.2, 0.25) is 0 Å². The third-order valence-corrected chi connectivity index (χ3v) is 5.89. The van der Waals surface area contributed by atoms with Gasteiger partial charge in [-0.3, -0.25) is 4.79 Å². The molecule has 26 heavy (non-hydrogen) atoms. The molecule has 4 nitrogen and oxygen atoms in total. The van der Waals surface area contributed by atoms with E-state index in [1.807, 2.05) is 29.2 Å². The monoisotopic (exact) mass is 355 g/mol. The van der Waals surface area contributed by atoms with E-state index >= 15 is 0 Å². The predicted octanol–water partition coefficient (Wildman–Crippen LogP) is 4.32. The van der Waals surface area contributed by atoms with Crippen LogP contribution in [0.3, 0.4) is 0 Å². The van der Waals surface area contributed by atoms with Crippen LogP contribution >= 0.6 is 0 Å². The van der Waals surface area contributed by atoms with Crippen molar-refractivity contribution >= 4 is 18.0 Å². The van der Waals surface area contributed by atoms with Gasteiger partial charge in [-0.1, -0.05) is 51.0 Å². The van der Waals surface area contributed by atoms with E-state index in [1.165, 1.54) is 31.2 Å². The first kappa shape index (κ1) is 18.7. The van der Waals surface area contributed by atoms with Gasteiger partial charge in [-0.25, -0.2) is 4.79 Å². The second-order valence-corrected chi connectivity index (χ2v) is 8.08. The second-order valence-electron chi connectivity index (χ2n) is 8.08. The van der Waals surface area contributed by atoms with Crippen molar-refractivity contribution in [1.29, 1.82) is 0 Å². The lowest BCUT2D eigenvalue weighted by Gasteiger charge is -2.22. The van der Waals surface area contributed by atoms with Crippen LogP contribution in [0, 0.1) is 11.8 Å². The summed E-state index contributed by atoms with van der Waals surface area (Å²) in [7, 11) is 0. The Morgan fingerprint density at radius 1 is 1.12 bits per heavy atom. The first-order valence-corrected chi connectivity index (χ1v) is 9.75. The van der Waals surface area contributed by atoms with Crippen LogP contribution in [0.5, 0.6) is 0 Å². The number of carboxylic acid groups (broad SMARTS) is 1. The van der Waals surface area contributed by atoms with E-state index in [-0.39, 0.29) is 17.9 Å². The van der Waals surface area contributed by atoms with Crippen molar-refractivity contribution in [2.45, 2.75) is 51.9 Å². The summed E-state index contributed by atoms with van der Waals surface area (Å²) in [5.74, 6) is 0.615. The average molecular weight is 355 g/mol.